The summed E-state index contributed by atoms with van der Waals surface area (Å²) in [6, 6.07) is 11.7. The number of aryl methyl sites for hydroxylation is 1. The Hall–Kier alpha value is -4.33. The number of carbonyl (C=O) groups excluding carboxylic acids is 1. The number of carbonyl (C=O) groups is 1. The molecule has 7 nitrogen and oxygen atoms in total. The number of hydrogen-bond donors (Lipinski definition) is 2. The van der Waals surface area contributed by atoms with Crippen molar-refractivity contribution >= 4 is 29.2 Å². The molecule has 0 aliphatic heterocycles. The first-order valence-corrected chi connectivity index (χ1v) is 10.4. The van der Waals surface area contributed by atoms with Gasteiger partial charge in [0.05, 0.1) is 17.5 Å². The lowest BCUT2D eigenvalue weighted by Crippen LogP contribution is -2.28. The zero-order chi connectivity index (χ0) is 23.5. The summed E-state index contributed by atoms with van der Waals surface area (Å²) in [5.41, 5.74) is 9.77. The molecule has 0 bridgehead atoms. The van der Waals surface area contributed by atoms with Crippen LogP contribution < -0.4 is 10.6 Å². The van der Waals surface area contributed by atoms with E-state index in [2.05, 4.69) is 9.97 Å². The standard InChI is InChI=1S/C25H23FN6O/c1-3-16-4-8-23(29-13-16)31(2)25(33)20-7-5-17(10-21(20)26)22-14-30-24-9-6-18(15-32(22)24)19(11-27)12-28/h4-15,27H,3,28H2,1-2H3/b19-12+,27-11?. The van der Waals surface area contributed by atoms with Crippen molar-refractivity contribution in [2.45, 2.75) is 13.3 Å². The molecule has 33 heavy (non-hydrogen) atoms. The summed E-state index contributed by atoms with van der Waals surface area (Å²) in [6.07, 6.45) is 8.50. The van der Waals surface area contributed by atoms with Crippen LogP contribution in [-0.2, 0) is 6.42 Å². The number of benzene rings is 1. The van der Waals surface area contributed by atoms with E-state index in [4.69, 9.17) is 11.1 Å². The number of imidazole rings is 1. The summed E-state index contributed by atoms with van der Waals surface area (Å²) in [5.74, 6) is -0.674. The monoisotopic (exact) mass is 442 g/mol. The molecule has 1 amide bonds. The molecule has 0 saturated carbocycles. The fraction of sp³-hybridized carbons (Fsp3) is 0.120. The van der Waals surface area contributed by atoms with E-state index >= 15 is 4.39 Å². The number of halogens is 1. The van der Waals surface area contributed by atoms with Crippen LogP contribution in [-0.4, -0.2) is 33.5 Å². The normalized spacial score (nSPS) is 11.5. The third kappa shape index (κ3) is 4.10. The van der Waals surface area contributed by atoms with Crippen molar-refractivity contribution in [3.8, 4) is 11.3 Å². The van der Waals surface area contributed by atoms with Crippen molar-refractivity contribution in [3.63, 3.8) is 0 Å². The number of fused-ring (bicyclic) bond motifs is 1. The number of allylic oxidation sites excluding steroid dienone is 1. The second-order valence-electron chi connectivity index (χ2n) is 7.49. The zero-order valence-electron chi connectivity index (χ0n) is 18.3. The van der Waals surface area contributed by atoms with Crippen molar-refractivity contribution in [2.24, 2.45) is 5.73 Å². The molecule has 4 aromatic rings. The van der Waals surface area contributed by atoms with Gasteiger partial charge in [-0.25, -0.2) is 14.4 Å². The smallest absolute Gasteiger partial charge is 0.262 e. The predicted molar refractivity (Wildman–Crippen MR) is 128 cm³/mol. The summed E-state index contributed by atoms with van der Waals surface area (Å²) in [4.78, 5) is 22.9. The van der Waals surface area contributed by atoms with E-state index in [0.29, 0.717) is 28.3 Å². The molecule has 3 heterocycles. The van der Waals surface area contributed by atoms with Crippen LogP contribution in [0.15, 0.2) is 67.3 Å². The van der Waals surface area contributed by atoms with E-state index in [9.17, 15) is 4.79 Å². The molecule has 3 N–H and O–H groups in total. The van der Waals surface area contributed by atoms with E-state index in [0.717, 1.165) is 17.5 Å². The third-order valence-corrected chi connectivity index (χ3v) is 5.53. The van der Waals surface area contributed by atoms with Gasteiger partial charge in [0.15, 0.2) is 0 Å². The Bertz CT molecular complexity index is 1370. The summed E-state index contributed by atoms with van der Waals surface area (Å²) in [6.45, 7) is 2.02. The van der Waals surface area contributed by atoms with Gasteiger partial charge in [-0.15, -0.1) is 0 Å². The van der Waals surface area contributed by atoms with Crippen molar-refractivity contribution < 1.29 is 9.18 Å². The largest absolute Gasteiger partial charge is 0.404 e. The minimum Gasteiger partial charge on any atom is -0.404 e. The fourth-order valence-corrected chi connectivity index (χ4v) is 3.55. The molecule has 166 valence electrons. The molecular weight excluding hydrogens is 419 g/mol. The number of nitrogens with one attached hydrogen (secondary N) is 1. The molecule has 3 aromatic heterocycles. The lowest BCUT2D eigenvalue weighted by Gasteiger charge is -2.17. The van der Waals surface area contributed by atoms with Crippen molar-refractivity contribution in [2.75, 3.05) is 11.9 Å². The molecule has 0 saturated heterocycles. The van der Waals surface area contributed by atoms with Gasteiger partial charge in [0, 0.05) is 48.6 Å². The average Bonchev–Trinajstić information content (AvgIpc) is 3.27. The zero-order valence-corrected chi connectivity index (χ0v) is 18.3. The van der Waals surface area contributed by atoms with Crippen LogP contribution >= 0.6 is 0 Å². The second kappa shape index (κ2) is 9.04. The van der Waals surface area contributed by atoms with Crippen LogP contribution in [0.4, 0.5) is 10.2 Å². The van der Waals surface area contributed by atoms with E-state index in [1.807, 2.05) is 19.1 Å². The van der Waals surface area contributed by atoms with Gasteiger partial charge in [0.1, 0.15) is 17.3 Å². The van der Waals surface area contributed by atoms with Gasteiger partial charge in [0.2, 0.25) is 0 Å². The Morgan fingerprint density at radius 1 is 1.18 bits per heavy atom. The third-order valence-electron chi connectivity index (χ3n) is 5.53. The first-order chi connectivity index (χ1) is 16.0. The Labute approximate surface area is 190 Å². The van der Waals surface area contributed by atoms with Gasteiger partial charge >= 0.3 is 0 Å². The predicted octanol–water partition coefficient (Wildman–Crippen LogP) is 4.32. The maximum absolute atomic E-state index is 15.1. The minimum absolute atomic E-state index is 0.0470. The topological polar surface area (TPSA) is 100 Å². The van der Waals surface area contributed by atoms with Gasteiger partial charge < -0.3 is 11.1 Å². The van der Waals surface area contributed by atoms with E-state index in [1.54, 1.807) is 48.2 Å². The lowest BCUT2D eigenvalue weighted by molar-refractivity contribution is 0.0988. The van der Waals surface area contributed by atoms with Crippen LogP contribution in [0.3, 0.4) is 0 Å². The van der Waals surface area contributed by atoms with Crippen molar-refractivity contribution in [1.29, 1.82) is 5.41 Å². The number of nitrogens with two attached hydrogens (primary N) is 1. The summed E-state index contributed by atoms with van der Waals surface area (Å²) >= 11 is 0. The minimum atomic E-state index is -0.636. The highest BCUT2D eigenvalue weighted by atomic mass is 19.1. The molecule has 0 aliphatic carbocycles. The molecule has 0 radical (unpaired) electrons. The highest BCUT2D eigenvalue weighted by Gasteiger charge is 2.20. The van der Waals surface area contributed by atoms with Crippen molar-refractivity contribution in [1.82, 2.24) is 14.4 Å². The fourth-order valence-electron chi connectivity index (χ4n) is 3.55. The maximum Gasteiger partial charge on any atom is 0.262 e. The number of aromatic nitrogens is 3. The van der Waals surface area contributed by atoms with Gasteiger partial charge in [-0.3, -0.25) is 14.1 Å². The Kier molecular flexibility index (Phi) is 5.99. The molecule has 0 atom stereocenters. The van der Waals surface area contributed by atoms with Crippen LogP contribution in [0.2, 0.25) is 0 Å². The Balaban J connectivity index is 1.67. The summed E-state index contributed by atoms with van der Waals surface area (Å²) < 4.78 is 16.8. The first-order valence-electron chi connectivity index (χ1n) is 10.4. The first kappa shape index (κ1) is 21.9. The lowest BCUT2D eigenvalue weighted by atomic mass is 10.1. The quantitative estimate of drug-likeness (QED) is 0.434. The highest BCUT2D eigenvalue weighted by Crippen LogP contribution is 2.26. The molecule has 0 aliphatic rings. The van der Waals surface area contributed by atoms with E-state index in [1.165, 1.54) is 29.4 Å². The molecule has 0 fully saturated rings. The van der Waals surface area contributed by atoms with Crippen molar-refractivity contribution in [3.05, 3.63) is 89.8 Å². The number of rotatable bonds is 6. The molecule has 0 unspecified atom stereocenters. The highest BCUT2D eigenvalue weighted by molar-refractivity contribution is 6.08. The summed E-state index contributed by atoms with van der Waals surface area (Å²) in [5, 5.41) is 7.51. The van der Waals surface area contributed by atoms with Crippen LogP contribution in [0.25, 0.3) is 22.5 Å². The Morgan fingerprint density at radius 3 is 2.64 bits per heavy atom. The molecular formula is C25H23FN6O. The van der Waals surface area contributed by atoms with E-state index in [-0.39, 0.29) is 5.56 Å². The van der Waals surface area contributed by atoms with Crippen LogP contribution in [0.1, 0.15) is 28.4 Å². The number of pyridine rings is 2. The maximum atomic E-state index is 15.1. The second-order valence-corrected chi connectivity index (χ2v) is 7.49. The van der Waals surface area contributed by atoms with Gasteiger partial charge in [-0.2, -0.15) is 0 Å². The number of amides is 1. The van der Waals surface area contributed by atoms with Gasteiger partial charge in [-0.1, -0.05) is 19.1 Å². The van der Waals surface area contributed by atoms with Gasteiger partial charge in [0.25, 0.3) is 5.91 Å². The number of nitrogens with zero attached hydrogens (tertiary/aromatic N) is 4. The molecule has 0 spiro atoms. The van der Waals surface area contributed by atoms with Gasteiger partial charge in [-0.05, 0) is 42.3 Å². The van der Waals surface area contributed by atoms with Crippen LogP contribution in [0.5, 0.6) is 0 Å². The van der Waals surface area contributed by atoms with E-state index < -0.39 is 11.7 Å². The number of hydrogen-bond acceptors (Lipinski definition) is 5. The molecule has 4 rings (SSSR count). The Morgan fingerprint density at radius 2 is 2.00 bits per heavy atom. The molecule has 1 aromatic carbocycles. The SMILES string of the molecule is CCc1ccc(N(C)C(=O)c2ccc(-c3cnc4ccc(/C(C=N)=C/N)cn34)cc2F)nc1. The summed E-state index contributed by atoms with van der Waals surface area (Å²) in [7, 11) is 1.57. The number of anilines is 1. The molecule has 8 heteroatoms. The van der Waals surface area contributed by atoms with Crippen LogP contribution in [0, 0.1) is 11.2 Å². The average molecular weight is 442 g/mol.